The Morgan fingerprint density at radius 3 is 2.43 bits per heavy atom. The molecule has 1 saturated heterocycles. The van der Waals surface area contributed by atoms with E-state index < -0.39 is 0 Å². The van der Waals surface area contributed by atoms with E-state index in [1.54, 1.807) is 7.11 Å². The minimum Gasteiger partial charge on any atom is -0.497 e. The number of hydrogen-bond acceptors (Lipinski definition) is 3. The number of ether oxygens (including phenoxy) is 2. The van der Waals surface area contributed by atoms with Gasteiger partial charge < -0.3 is 14.8 Å². The molecule has 2 atom stereocenters. The molecule has 23 heavy (non-hydrogen) atoms. The van der Waals surface area contributed by atoms with Crippen molar-refractivity contribution in [1.29, 1.82) is 0 Å². The van der Waals surface area contributed by atoms with Crippen molar-refractivity contribution in [2.24, 2.45) is 0 Å². The number of amides is 1. The van der Waals surface area contributed by atoms with E-state index >= 15 is 0 Å². The minimum atomic E-state index is -0.334. The summed E-state index contributed by atoms with van der Waals surface area (Å²) < 4.78 is 10.7. The summed E-state index contributed by atoms with van der Waals surface area (Å²) in [7, 11) is 1.64. The molecule has 1 amide bonds. The molecular formula is C19H21NO3. The second kappa shape index (κ2) is 7.29. The van der Waals surface area contributed by atoms with Crippen molar-refractivity contribution in [3.8, 4) is 5.75 Å². The fourth-order valence-corrected chi connectivity index (χ4v) is 2.82. The van der Waals surface area contributed by atoms with Crippen LogP contribution >= 0.6 is 0 Å². The fourth-order valence-electron chi connectivity index (χ4n) is 2.82. The zero-order valence-electron chi connectivity index (χ0n) is 13.2. The van der Waals surface area contributed by atoms with Crippen LogP contribution in [0.1, 0.15) is 30.0 Å². The lowest BCUT2D eigenvalue weighted by Gasteiger charge is -2.22. The molecule has 1 heterocycles. The van der Waals surface area contributed by atoms with E-state index in [2.05, 4.69) is 5.32 Å². The number of nitrogens with one attached hydrogen (secondary N) is 1. The Morgan fingerprint density at radius 1 is 1.13 bits per heavy atom. The maximum absolute atomic E-state index is 12.5. The number of carbonyl (C=O) groups excluding carboxylic acids is 1. The molecule has 2 aromatic rings. The Morgan fingerprint density at radius 2 is 1.83 bits per heavy atom. The van der Waals surface area contributed by atoms with Crippen molar-refractivity contribution in [3.05, 3.63) is 65.7 Å². The average Bonchev–Trinajstić information content (AvgIpc) is 3.15. The number of rotatable bonds is 5. The summed E-state index contributed by atoms with van der Waals surface area (Å²) in [6.07, 6.45) is 1.39. The Labute approximate surface area is 136 Å². The molecule has 0 bridgehead atoms. The van der Waals surface area contributed by atoms with Crippen LogP contribution in [-0.4, -0.2) is 25.7 Å². The molecule has 0 aromatic heterocycles. The van der Waals surface area contributed by atoms with Crippen molar-refractivity contribution >= 4 is 5.91 Å². The third-order valence-corrected chi connectivity index (χ3v) is 4.09. The largest absolute Gasteiger partial charge is 0.497 e. The SMILES string of the molecule is COc1ccc(C(NC(=O)C2CCCO2)c2ccccc2)cc1. The third-order valence-electron chi connectivity index (χ3n) is 4.09. The van der Waals surface area contributed by atoms with Crippen LogP contribution in [0.5, 0.6) is 5.75 Å². The van der Waals surface area contributed by atoms with Gasteiger partial charge in [0.25, 0.3) is 0 Å². The highest BCUT2D eigenvalue weighted by Crippen LogP contribution is 2.25. The van der Waals surface area contributed by atoms with Crippen LogP contribution < -0.4 is 10.1 Å². The van der Waals surface area contributed by atoms with Gasteiger partial charge in [-0.1, -0.05) is 42.5 Å². The standard InChI is InChI=1S/C19H21NO3/c1-22-16-11-9-15(10-12-16)18(14-6-3-2-4-7-14)20-19(21)17-8-5-13-23-17/h2-4,6-7,9-12,17-18H,5,8,13H2,1H3,(H,20,21). The van der Waals surface area contributed by atoms with Crippen LogP contribution in [0.15, 0.2) is 54.6 Å². The third kappa shape index (κ3) is 3.71. The maximum Gasteiger partial charge on any atom is 0.249 e. The number of benzene rings is 2. The van der Waals surface area contributed by atoms with Crippen LogP contribution in [0.2, 0.25) is 0 Å². The summed E-state index contributed by atoms with van der Waals surface area (Å²) in [5, 5.41) is 3.12. The first kappa shape index (κ1) is 15.6. The molecule has 4 nitrogen and oxygen atoms in total. The lowest BCUT2D eigenvalue weighted by molar-refractivity contribution is -0.130. The fraction of sp³-hybridized carbons (Fsp3) is 0.316. The van der Waals surface area contributed by atoms with Gasteiger partial charge in [0.2, 0.25) is 5.91 Å². The lowest BCUT2D eigenvalue weighted by Crippen LogP contribution is -2.37. The molecule has 0 radical (unpaired) electrons. The van der Waals surface area contributed by atoms with Crippen molar-refractivity contribution in [3.63, 3.8) is 0 Å². The zero-order valence-corrected chi connectivity index (χ0v) is 13.2. The molecule has 120 valence electrons. The van der Waals surface area contributed by atoms with Gasteiger partial charge in [0.1, 0.15) is 11.9 Å². The van der Waals surface area contributed by atoms with Gasteiger partial charge in [0.05, 0.1) is 13.2 Å². The van der Waals surface area contributed by atoms with E-state index in [9.17, 15) is 4.79 Å². The van der Waals surface area contributed by atoms with E-state index in [1.165, 1.54) is 0 Å². The first-order chi connectivity index (χ1) is 11.3. The van der Waals surface area contributed by atoms with E-state index in [0.29, 0.717) is 6.61 Å². The van der Waals surface area contributed by atoms with Gasteiger partial charge in [-0.05, 0) is 36.1 Å². The van der Waals surface area contributed by atoms with Crippen molar-refractivity contribution in [2.75, 3.05) is 13.7 Å². The zero-order chi connectivity index (χ0) is 16.1. The molecule has 3 rings (SSSR count). The summed E-state index contributed by atoms with van der Waals surface area (Å²) in [6, 6.07) is 17.5. The Bertz CT molecular complexity index is 633. The maximum atomic E-state index is 12.5. The van der Waals surface area contributed by atoms with Gasteiger partial charge in [-0.15, -0.1) is 0 Å². The monoisotopic (exact) mass is 311 g/mol. The van der Waals surface area contributed by atoms with Crippen molar-refractivity contribution < 1.29 is 14.3 Å². The lowest BCUT2D eigenvalue weighted by atomic mass is 9.98. The minimum absolute atomic E-state index is 0.0489. The van der Waals surface area contributed by atoms with Crippen LogP contribution in [0.4, 0.5) is 0 Å². The molecule has 1 aliphatic rings. The molecular weight excluding hydrogens is 290 g/mol. The molecule has 2 unspecified atom stereocenters. The van der Waals surface area contributed by atoms with Crippen LogP contribution in [0, 0.1) is 0 Å². The Hall–Kier alpha value is -2.33. The normalized spacial score (nSPS) is 18.4. The topological polar surface area (TPSA) is 47.6 Å². The van der Waals surface area contributed by atoms with Crippen LogP contribution in [0.25, 0.3) is 0 Å². The molecule has 0 saturated carbocycles. The second-order valence-corrected chi connectivity index (χ2v) is 5.63. The highest BCUT2D eigenvalue weighted by Gasteiger charge is 2.26. The highest BCUT2D eigenvalue weighted by molar-refractivity contribution is 5.81. The van der Waals surface area contributed by atoms with E-state index in [1.807, 2.05) is 54.6 Å². The average molecular weight is 311 g/mol. The smallest absolute Gasteiger partial charge is 0.249 e. The molecule has 1 fully saturated rings. The van der Waals surface area contributed by atoms with E-state index in [0.717, 1.165) is 29.7 Å². The quantitative estimate of drug-likeness (QED) is 0.923. The van der Waals surface area contributed by atoms with Crippen LogP contribution in [-0.2, 0) is 9.53 Å². The van der Waals surface area contributed by atoms with Gasteiger partial charge in [-0.3, -0.25) is 4.79 Å². The molecule has 0 aliphatic carbocycles. The van der Waals surface area contributed by atoms with Crippen molar-refractivity contribution in [2.45, 2.75) is 25.0 Å². The summed E-state index contributed by atoms with van der Waals surface area (Å²) in [4.78, 5) is 12.5. The van der Waals surface area contributed by atoms with Gasteiger partial charge in [0.15, 0.2) is 0 Å². The Balaban J connectivity index is 1.85. The van der Waals surface area contributed by atoms with Gasteiger partial charge in [0, 0.05) is 6.61 Å². The van der Waals surface area contributed by atoms with Gasteiger partial charge in [-0.2, -0.15) is 0 Å². The summed E-state index contributed by atoms with van der Waals surface area (Å²) in [5.74, 6) is 0.748. The van der Waals surface area contributed by atoms with Crippen molar-refractivity contribution in [1.82, 2.24) is 5.32 Å². The summed E-state index contributed by atoms with van der Waals surface area (Å²) >= 11 is 0. The van der Waals surface area contributed by atoms with Gasteiger partial charge >= 0.3 is 0 Å². The predicted octanol–water partition coefficient (Wildman–Crippen LogP) is 3.08. The molecule has 1 N–H and O–H groups in total. The molecule has 1 aliphatic heterocycles. The summed E-state index contributed by atoms with van der Waals surface area (Å²) in [6.45, 7) is 0.663. The molecule has 0 spiro atoms. The summed E-state index contributed by atoms with van der Waals surface area (Å²) in [5.41, 5.74) is 2.06. The molecule has 2 aromatic carbocycles. The van der Waals surface area contributed by atoms with E-state index in [-0.39, 0.29) is 18.1 Å². The first-order valence-electron chi connectivity index (χ1n) is 7.89. The second-order valence-electron chi connectivity index (χ2n) is 5.63. The van der Waals surface area contributed by atoms with E-state index in [4.69, 9.17) is 9.47 Å². The van der Waals surface area contributed by atoms with Gasteiger partial charge in [-0.25, -0.2) is 0 Å². The first-order valence-corrected chi connectivity index (χ1v) is 7.89. The van der Waals surface area contributed by atoms with Crippen LogP contribution in [0.3, 0.4) is 0 Å². The number of methoxy groups -OCH3 is 1. The Kier molecular flexibility index (Phi) is 4.93. The number of carbonyl (C=O) groups is 1. The predicted molar refractivity (Wildman–Crippen MR) is 88.4 cm³/mol. The number of hydrogen-bond donors (Lipinski definition) is 1. The molecule has 4 heteroatoms. The highest BCUT2D eigenvalue weighted by atomic mass is 16.5.